The number of amides is 3. The van der Waals surface area contributed by atoms with Gasteiger partial charge in [-0.25, -0.2) is 9.69 Å². The Morgan fingerprint density at radius 3 is 2.43 bits per heavy atom. The van der Waals surface area contributed by atoms with E-state index in [0.717, 1.165) is 4.90 Å². The number of rotatable bonds is 6. The van der Waals surface area contributed by atoms with Gasteiger partial charge in [-0.1, -0.05) is 11.6 Å². The molecule has 0 aromatic heterocycles. The molecule has 0 radical (unpaired) electrons. The molecule has 0 spiro atoms. The van der Waals surface area contributed by atoms with Crippen LogP contribution in [0.2, 0.25) is 5.02 Å². The van der Waals surface area contributed by atoms with E-state index in [4.69, 9.17) is 21.1 Å². The minimum absolute atomic E-state index is 0.165. The fourth-order valence-electron chi connectivity index (χ4n) is 2.75. The standard InChI is InChI=1S/C20H18BrClN2O4/c1-3-27-17-11-12(9-15(21)18(17)28-4-2)10-16-19(25)24(20(26)23-16)14-7-5-13(22)6-8-14/h5-11H,3-4H2,1-2H3,(H,23,26)/b16-10+. The van der Waals surface area contributed by atoms with Gasteiger partial charge < -0.3 is 14.8 Å². The SMILES string of the molecule is CCOc1cc(/C=C2/NC(=O)N(c3ccc(Cl)cc3)C2=O)cc(Br)c1OCC. The third kappa shape index (κ3) is 4.15. The average molecular weight is 466 g/mol. The number of nitrogens with one attached hydrogen (secondary N) is 1. The number of carbonyl (C=O) groups excluding carboxylic acids is 2. The number of carbonyl (C=O) groups is 2. The first-order chi connectivity index (χ1) is 13.4. The highest BCUT2D eigenvalue weighted by molar-refractivity contribution is 9.10. The van der Waals surface area contributed by atoms with Crippen molar-refractivity contribution in [3.05, 3.63) is 57.2 Å². The van der Waals surface area contributed by atoms with Crippen LogP contribution in [0, 0.1) is 0 Å². The molecule has 3 rings (SSSR count). The lowest BCUT2D eigenvalue weighted by Gasteiger charge is -2.13. The van der Waals surface area contributed by atoms with E-state index in [1.165, 1.54) is 0 Å². The molecule has 0 aliphatic carbocycles. The van der Waals surface area contributed by atoms with Gasteiger partial charge in [0.25, 0.3) is 5.91 Å². The number of hydrogen-bond donors (Lipinski definition) is 1. The van der Waals surface area contributed by atoms with E-state index < -0.39 is 11.9 Å². The predicted octanol–water partition coefficient (Wildman–Crippen LogP) is 5.00. The molecule has 8 heteroatoms. The van der Waals surface area contributed by atoms with Crippen LogP contribution in [-0.2, 0) is 4.79 Å². The molecule has 0 atom stereocenters. The maximum absolute atomic E-state index is 12.7. The fourth-order valence-corrected chi connectivity index (χ4v) is 3.45. The molecule has 0 saturated carbocycles. The van der Waals surface area contributed by atoms with Crippen molar-refractivity contribution in [3.63, 3.8) is 0 Å². The number of nitrogens with zero attached hydrogens (tertiary/aromatic N) is 1. The number of ether oxygens (including phenoxy) is 2. The summed E-state index contributed by atoms with van der Waals surface area (Å²) in [6.45, 7) is 4.71. The molecular formula is C20H18BrClN2O4. The van der Waals surface area contributed by atoms with Crippen LogP contribution < -0.4 is 19.7 Å². The van der Waals surface area contributed by atoms with Crippen LogP contribution in [0.4, 0.5) is 10.5 Å². The van der Waals surface area contributed by atoms with Crippen molar-refractivity contribution in [2.75, 3.05) is 18.1 Å². The molecule has 28 heavy (non-hydrogen) atoms. The smallest absolute Gasteiger partial charge is 0.333 e. The average Bonchev–Trinajstić information content (AvgIpc) is 2.93. The molecule has 1 aliphatic rings. The van der Waals surface area contributed by atoms with Gasteiger partial charge in [-0.2, -0.15) is 0 Å². The topological polar surface area (TPSA) is 67.9 Å². The van der Waals surface area contributed by atoms with E-state index in [9.17, 15) is 9.59 Å². The summed E-state index contributed by atoms with van der Waals surface area (Å²) in [5, 5.41) is 3.13. The van der Waals surface area contributed by atoms with Gasteiger partial charge in [0.2, 0.25) is 0 Å². The van der Waals surface area contributed by atoms with Crippen LogP contribution in [-0.4, -0.2) is 25.2 Å². The molecule has 1 saturated heterocycles. The number of hydrogen-bond acceptors (Lipinski definition) is 4. The molecule has 2 aromatic carbocycles. The highest BCUT2D eigenvalue weighted by atomic mass is 79.9. The maximum Gasteiger partial charge on any atom is 0.333 e. The zero-order chi connectivity index (χ0) is 20.3. The van der Waals surface area contributed by atoms with E-state index in [0.29, 0.717) is 45.5 Å². The van der Waals surface area contributed by atoms with Gasteiger partial charge in [-0.05, 0) is 77.8 Å². The van der Waals surface area contributed by atoms with E-state index in [1.807, 2.05) is 13.8 Å². The summed E-state index contributed by atoms with van der Waals surface area (Å²) in [6, 6.07) is 9.51. The van der Waals surface area contributed by atoms with Crippen LogP contribution in [0.1, 0.15) is 19.4 Å². The second-order valence-corrected chi connectivity index (χ2v) is 7.09. The maximum atomic E-state index is 12.7. The molecule has 1 aliphatic heterocycles. The van der Waals surface area contributed by atoms with Crippen molar-refractivity contribution < 1.29 is 19.1 Å². The molecule has 2 aromatic rings. The summed E-state index contributed by atoms with van der Waals surface area (Å²) in [4.78, 5) is 26.1. The number of anilines is 1. The van der Waals surface area contributed by atoms with Gasteiger partial charge in [0, 0.05) is 5.02 Å². The van der Waals surface area contributed by atoms with Gasteiger partial charge in [-0.3, -0.25) is 4.79 Å². The Morgan fingerprint density at radius 2 is 1.79 bits per heavy atom. The van der Waals surface area contributed by atoms with Crippen molar-refractivity contribution in [1.29, 1.82) is 0 Å². The summed E-state index contributed by atoms with van der Waals surface area (Å²) in [5.74, 6) is 0.697. The van der Waals surface area contributed by atoms with Crippen LogP contribution in [0.15, 0.2) is 46.6 Å². The Hall–Kier alpha value is -2.51. The lowest BCUT2D eigenvalue weighted by atomic mass is 10.1. The zero-order valence-corrected chi connectivity index (χ0v) is 17.6. The van der Waals surface area contributed by atoms with Crippen molar-refractivity contribution in [2.45, 2.75) is 13.8 Å². The van der Waals surface area contributed by atoms with Crippen molar-refractivity contribution >= 4 is 51.2 Å². The Labute approximate surface area is 176 Å². The summed E-state index contributed by atoms with van der Waals surface area (Å²) >= 11 is 9.35. The summed E-state index contributed by atoms with van der Waals surface area (Å²) in [5.41, 5.74) is 1.29. The highest BCUT2D eigenvalue weighted by Crippen LogP contribution is 2.37. The molecule has 3 amide bonds. The molecule has 0 bridgehead atoms. The Bertz CT molecular complexity index is 944. The van der Waals surface area contributed by atoms with E-state index in [1.54, 1.807) is 42.5 Å². The largest absolute Gasteiger partial charge is 0.490 e. The molecule has 1 fully saturated rings. The van der Waals surface area contributed by atoms with E-state index in [-0.39, 0.29) is 5.70 Å². The highest BCUT2D eigenvalue weighted by Gasteiger charge is 2.34. The quantitative estimate of drug-likeness (QED) is 0.482. The van der Waals surface area contributed by atoms with Crippen molar-refractivity contribution in [2.24, 2.45) is 0 Å². The summed E-state index contributed by atoms with van der Waals surface area (Å²) in [7, 11) is 0. The lowest BCUT2D eigenvalue weighted by molar-refractivity contribution is -0.113. The third-order valence-corrected chi connectivity index (χ3v) is 4.74. The Balaban J connectivity index is 1.94. The van der Waals surface area contributed by atoms with Gasteiger partial charge in [0.1, 0.15) is 5.70 Å². The lowest BCUT2D eigenvalue weighted by Crippen LogP contribution is -2.30. The van der Waals surface area contributed by atoms with Crippen molar-refractivity contribution in [3.8, 4) is 11.5 Å². The van der Waals surface area contributed by atoms with Crippen molar-refractivity contribution in [1.82, 2.24) is 5.32 Å². The summed E-state index contributed by atoms with van der Waals surface area (Å²) < 4.78 is 12.0. The minimum Gasteiger partial charge on any atom is -0.490 e. The molecular weight excluding hydrogens is 448 g/mol. The number of imide groups is 1. The van der Waals surface area contributed by atoms with E-state index in [2.05, 4.69) is 21.2 Å². The van der Waals surface area contributed by atoms with Crippen LogP contribution in [0.5, 0.6) is 11.5 Å². The van der Waals surface area contributed by atoms with Crippen LogP contribution >= 0.6 is 27.5 Å². The Kier molecular flexibility index (Phi) is 6.26. The van der Waals surface area contributed by atoms with Gasteiger partial charge >= 0.3 is 6.03 Å². The first-order valence-electron chi connectivity index (χ1n) is 8.66. The molecule has 146 valence electrons. The van der Waals surface area contributed by atoms with E-state index >= 15 is 0 Å². The second-order valence-electron chi connectivity index (χ2n) is 5.80. The molecule has 0 unspecified atom stereocenters. The first-order valence-corrected chi connectivity index (χ1v) is 9.83. The Morgan fingerprint density at radius 1 is 1.11 bits per heavy atom. The van der Waals surface area contributed by atoms with Gasteiger partial charge in [-0.15, -0.1) is 0 Å². The third-order valence-electron chi connectivity index (χ3n) is 3.89. The number of benzene rings is 2. The number of halogens is 2. The molecule has 1 heterocycles. The molecule has 1 N–H and O–H groups in total. The van der Waals surface area contributed by atoms with Gasteiger partial charge in [0.15, 0.2) is 11.5 Å². The van der Waals surface area contributed by atoms with Crippen LogP contribution in [0.3, 0.4) is 0 Å². The fraction of sp³-hybridized carbons (Fsp3) is 0.200. The van der Waals surface area contributed by atoms with Crippen LogP contribution in [0.25, 0.3) is 6.08 Å². The number of urea groups is 1. The van der Waals surface area contributed by atoms with Gasteiger partial charge in [0.05, 0.1) is 23.4 Å². The minimum atomic E-state index is -0.520. The summed E-state index contributed by atoms with van der Waals surface area (Å²) in [6.07, 6.45) is 1.60. The first kappa shape index (κ1) is 20.2. The second kappa shape index (κ2) is 8.67. The monoisotopic (exact) mass is 464 g/mol. The zero-order valence-electron chi connectivity index (χ0n) is 15.3. The predicted molar refractivity (Wildman–Crippen MR) is 112 cm³/mol. The molecule has 6 nitrogen and oxygen atoms in total. The normalized spacial score (nSPS) is 15.1.